The Bertz CT molecular complexity index is 841. The predicted molar refractivity (Wildman–Crippen MR) is 101 cm³/mol. The summed E-state index contributed by atoms with van der Waals surface area (Å²) in [6, 6.07) is 12.8. The monoisotopic (exact) mass is 400 g/mol. The summed E-state index contributed by atoms with van der Waals surface area (Å²) in [7, 11) is 1.52. The van der Waals surface area contributed by atoms with Gasteiger partial charge in [0, 0.05) is 16.2 Å². The Hall–Kier alpha value is -2.78. The van der Waals surface area contributed by atoms with Gasteiger partial charge in [0.1, 0.15) is 6.07 Å². The average molecular weight is 401 g/mol. The summed E-state index contributed by atoms with van der Waals surface area (Å²) in [5, 5.41) is 11.4. The summed E-state index contributed by atoms with van der Waals surface area (Å²) in [6.07, 6.45) is 3.13. The van der Waals surface area contributed by atoms with Crippen LogP contribution in [0.5, 0.6) is 11.5 Å². The second-order valence-electron chi connectivity index (χ2n) is 5.14. The maximum Gasteiger partial charge on any atom is 0.248 e. The molecular formula is C19H17BrN2O3. The first-order valence-corrected chi connectivity index (χ1v) is 8.26. The van der Waals surface area contributed by atoms with Crippen molar-refractivity contribution in [2.45, 2.75) is 6.92 Å². The minimum atomic E-state index is -0.228. The smallest absolute Gasteiger partial charge is 0.248 e. The summed E-state index contributed by atoms with van der Waals surface area (Å²) in [4.78, 5) is 12.1. The van der Waals surface area contributed by atoms with E-state index in [0.29, 0.717) is 11.5 Å². The zero-order valence-corrected chi connectivity index (χ0v) is 15.5. The molecule has 0 unspecified atom stereocenters. The van der Waals surface area contributed by atoms with Crippen molar-refractivity contribution >= 4 is 33.6 Å². The van der Waals surface area contributed by atoms with E-state index in [1.807, 2.05) is 31.2 Å². The van der Waals surface area contributed by atoms with Gasteiger partial charge in [0.25, 0.3) is 0 Å². The second-order valence-corrected chi connectivity index (χ2v) is 6.05. The first kappa shape index (κ1) is 18.6. The number of nitrogens with one attached hydrogen (secondary N) is 1. The molecule has 0 atom stereocenters. The van der Waals surface area contributed by atoms with Gasteiger partial charge in [0.05, 0.1) is 7.11 Å². The van der Waals surface area contributed by atoms with Gasteiger partial charge in [-0.1, -0.05) is 22.0 Å². The molecule has 0 spiro atoms. The van der Waals surface area contributed by atoms with Crippen molar-refractivity contribution in [1.82, 2.24) is 0 Å². The van der Waals surface area contributed by atoms with Gasteiger partial charge in [-0.15, -0.1) is 0 Å². The van der Waals surface area contributed by atoms with Crippen LogP contribution < -0.4 is 14.8 Å². The summed E-state index contributed by atoms with van der Waals surface area (Å²) in [6.45, 7) is 1.87. The van der Waals surface area contributed by atoms with Crippen LogP contribution in [0.3, 0.4) is 0 Å². The molecule has 1 amide bonds. The summed E-state index contributed by atoms with van der Waals surface area (Å²) >= 11 is 3.39. The number of anilines is 1. The highest BCUT2D eigenvalue weighted by Gasteiger charge is 2.05. The molecule has 0 bridgehead atoms. The third-order valence-electron chi connectivity index (χ3n) is 3.35. The molecule has 2 aromatic rings. The Kier molecular flexibility index (Phi) is 6.61. The van der Waals surface area contributed by atoms with Gasteiger partial charge in [-0.2, -0.15) is 5.26 Å². The van der Waals surface area contributed by atoms with Crippen molar-refractivity contribution in [3.63, 3.8) is 0 Å². The molecule has 0 aliphatic carbocycles. The number of carbonyl (C=O) groups excluding carboxylic acids is 1. The molecule has 25 heavy (non-hydrogen) atoms. The van der Waals surface area contributed by atoms with Crippen molar-refractivity contribution in [3.8, 4) is 17.6 Å². The molecule has 0 radical (unpaired) electrons. The number of hydrogen-bond donors (Lipinski definition) is 1. The first-order chi connectivity index (χ1) is 12.0. The molecule has 0 aliphatic heterocycles. The zero-order chi connectivity index (χ0) is 18.2. The Morgan fingerprint density at radius 3 is 2.76 bits per heavy atom. The third kappa shape index (κ3) is 5.37. The van der Waals surface area contributed by atoms with Crippen molar-refractivity contribution in [3.05, 3.63) is 58.1 Å². The van der Waals surface area contributed by atoms with Crippen LogP contribution in [0, 0.1) is 18.3 Å². The van der Waals surface area contributed by atoms with Crippen molar-refractivity contribution in [2.24, 2.45) is 0 Å². The number of amides is 1. The average Bonchev–Trinajstić information content (AvgIpc) is 2.60. The number of ether oxygens (including phenoxy) is 2. The van der Waals surface area contributed by atoms with Crippen LogP contribution in [0.15, 0.2) is 46.9 Å². The van der Waals surface area contributed by atoms with Crippen LogP contribution >= 0.6 is 15.9 Å². The van der Waals surface area contributed by atoms with Crippen molar-refractivity contribution in [1.29, 1.82) is 5.26 Å². The van der Waals surface area contributed by atoms with E-state index >= 15 is 0 Å². The topological polar surface area (TPSA) is 71.3 Å². The SMILES string of the molecule is COc1cc(/C=C/C(=O)Nc2ccc(Br)cc2C)ccc1OCC#N. The predicted octanol–water partition coefficient (Wildman–Crippen LogP) is 4.32. The fourth-order valence-corrected chi connectivity index (χ4v) is 2.61. The number of aryl methyl sites for hydroxylation is 1. The molecule has 2 aromatic carbocycles. The summed E-state index contributed by atoms with van der Waals surface area (Å²) in [5.74, 6) is 0.756. The van der Waals surface area contributed by atoms with Gasteiger partial charge in [0.2, 0.25) is 5.91 Å². The molecule has 0 aliphatic rings. The number of halogens is 1. The Balaban J connectivity index is 2.07. The molecule has 0 saturated carbocycles. The van der Waals surface area contributed by atoms with Crippen LogP contribution in [0.25, 0.3) is 6.08 Å². The molecule has 1 N–H and O–H groups in total. The third-order valence-corrected chi connectivity index (χ3v) is 3.85. The van der Waals surface area contributed by atoms with Crippen LogP contribution in [0.2, 0.25) is 0 Å². The molecule has 2 rings (SSSR count). The molecule has 128 valence electrons. The molecule has 6 heteroatoms. The number of carbonyl (C=O) groups is 1. The molecule has 0 fully saturated rings. The quantitative estimate of drug-likeness (QED) is 0.732. The lowest BCUT2D eigenvalue weighted by Crippen LogP contribution is -2.08. The van der Waals surface area contributed by atoms with E-state index in [9.17, 15) is 4.79 Å². The van der Waals surface area contributed by atoms with Gasteiger partial charge >= 0.3 is 0 Å². The van der Waals surface area contributed by atoms with Crippen LogP contribution in [-0.4, -0.2) is 19.6 Å². The lowest BCUT2D eigenvalue weighted by Gasteiger charge is -2.09. The van der Waals surface area contributed by atoms with E-state index in [1.165, 1.54) is 13.2 Å². The normalized spacial score (nSPS) is 10.3. The highest BCUT2D eigenvalue weighted by molar-refractivity contribution is 9.10. The largest absolute Gasteiger partial charge is 0.493 e. The van der Waals surface area contributed by atoms with Crippen molar-refractivity contribution < 1.29 is 14.3 Å². The maximum absolute atomic E-state index is 12.1. The Morgan fingerprint density at radius 2 is 2.08 bits per heavy atom. The highest BCUT2D eigenvalue weighted by atomic mass is 79.9. The van der Waals surface area contributed by atoms with Gasteiger partial charge in [-0.05, 0) is 54.5 Å². The number of nitrogens with zero attached hydrogens (tertiary/aromatic N) is 1. The highest BCUT2D eigenvalue weighted by Crippen LogP contribution is 2.28. The number of hydrogen-bond acceptors (Lipinski definition) is 4. The molecule has 0 aromatic heterocycles. The van der Waals surface area contributed by atoms with Gasteiger partial charge < -0.3 is 14.8 Å². The first-order valence-electron chi connectivity index (χ1n) is 7.46. The van der Waals surface area contributed by atoms with E-state index in [2.05, 4.69) is 21.2 Å². The Morgan fingerprint density at radius 1 is 1.28 bits per heavy atom. The summed E-state index contributed by atoms with van der Waals surface area (Å²) in [5.41, 5.74) is 2.51. The Labute approximate surface area is 155 Å². The van der Waals surface area contributed by atoms with Crippen LogP contribution in [-0.2, 0) is 4.79 Å². The standard InChI is InChI=1S/C19H17BrN2O3/c1-13-11-15(20)5-6-16(13)22-19(23)8-4-14-3-7-17(25-10-9-21)18(12-14)24-2/h3-8,11-12H,10H2,1-2H3,(H,22,23)/b8-4+. The van der Waals surface area contributed by atoms with Gasteiger partial charge in [-0.3, -0.25) is 4.79 Å². The number of nitriles is 1. The van der Waals surface area contributed by atoms with Crippen LogP contribution in [0.1, 0.15) is 11.1 Å². The van der Waals surface area contributed by atoms with E-state index in [1.54, 1.807) is 24.3 Å². The van der Waals surface area contributed by atoms with Gasteiger partial charge in [0.15, 0.2) is 18.1 Å². The van der Waals surface area contributed by atoms with E-state index in [0.717, 1.165) is 21.3 Å². The van der Waals surface area contributed by atoms with Crippen LogP contribution in [0.4, 0.5) is 5.69 Å². The van der Waals surface area contributed by atoms with E-state index < -0.39 is 0 Å². The molecular weight excluding hydrogens is 384 g/mol. The molecule has 0 saturated heterocycles. The zero-order valence-electron chi connectivity index (χ0n) is 13.9. The lowest BCUT2D eigenvalue weighted by molar-refractivity contribution is -0.111. The van der Waals surface area contributed by atoms with E-state index in [-0.39, 0.29) is 12.5 Å². The maximum atomic E-state index is 12.1. The fourth-order valence-electron chi connectivity index (χ4n) is 2.13. The molecule has 0 heterocycles. The minimum Gasteiger partial charge on any atom is -0.493 e. The number of rotatable bonds is 6. The van der Waals surface area contributed by atoms with E-state index in [4.69, 9.17) is 14.7 Å². The van der Waals surface area contributed by atoms with Gasteiger partial charge in [-0.25, -0.2) is 0 Å². The number of benzene rings is 2. The minimum absolute atomic E-state index is 0.0551. The lowest BCUT2D eigenvalue weighted by atomic mass is 10.1. The number of methoxy groups -OCH3 is 1. The molecule has 5 nitrogen and oxygen atoms in total. The fraction of sp³-hybridized carbons (Fsp3) is 0.158. The second kappa shape index (κ2) is 8.90. The summed E-state index contributed by atoms with van der Waals surface area (Å²) < 4.78 is 11.5. The van der Waals surface area contributed by atoms with Crippen molar-refractivity contribution in [2.75, 3.05) is 19.0 Å².